The van der Waals surface area contributed by atoms with Crippen molar-refractivity contribution in [3.63, 3.8) is 0 Å². The quantitative estimate of drug-likeness (QED) is 0.241. The molecule has 2 aromatic rings. The molecule has 1 fully saturated rings. The van der Waals surface area contributed by atoms with Gasteiger partial charge in [0.15, 0.2) is 11.7 Å². The van der Waals surface area contributed by atoms with Crippen LogP contribution in [0.3, 0.4) is 0 Å². The van der Waals surface area contributed by atoms with Crippen LogP contribution in [-0.4, -0.2) is 71.8 Å². The summed E-state index contributed by atoms with van der Waals surface area (Å²) in [6.45, 7) is 6.30. The molecule has 0 amide bonds. The summed E-state index contributed by atoms with van der Waals surface area (Å²) in [5.74, 6) is 2.86. The first-order valence-corrected chi connectivity index (χ1v) is 12.1. The van der Waals surface area contributed by atoms with Crippen LogP contribution in [0.4, 0.5) is 0 Å². The van der Waals surface area contributed by atoms with E-state index in [9.17, 15) is 8.42 Å². The van der Waals surface area contributed by atoms with Gasteiger partial charge in [-0.2, -0.15) is 5.10 Å². The number of aliphatic imine (C=N–C) groups is 1. The van der Waals surface area contributed by atoms with E-state index in [1.165, 1.54) is 0 Å². The molecule has 0 atom stereocenters. The number of aromatic nitrogens is 3. The minimum atomic E-state index is -3.12. The minimum Gasteiger partial charge on any atom is -0.461 e. The molecule has 0 aromatic carbocycles. The van der Waals surface area contributed by atoms with Crippen molar-refractivity contribution in [3.8, 4) is 11.6 Å². The summed E-state index contributed by atoms with van der Waals surface area (Å²) >= 11 is 0. The Hall–Kier alpha value is -1.67. The number of piperidine rings is 1. The van der Waals surface area contributed by atoms with E-state index in [0.29, 0.717) is 44.1 Å². The number of halogens is 1. The van der Waals surface area contributed by atoms with Crippen LogP contribution in [0, 0.1) is 0 Å². The third-order valence-corrected chi connectivity index (χ3v) is 6.96. The molecule has 3 rings (SSSR count). The van der Waals surface area contributed by atoms with Crippen molar-refractivity contribution >= 4 is 40.0 Å². The van der Waals surface area contributed by atoms with Crippen molar-refractivity contribution in [3.05, 3.63) is 24.2 Å². The van der Waals surface area contributed by atoms with E-state index in [0.717, 1.165) is 31.2 Å². The first-order chi connectivity index (χ1) is 14.5. The number of sulfonamides is 1. The molecule has 0 radical (unpaired) electrons. The van der Waals surface area contributed by atoms with Crippen LogP contribution in [-0.2, 0) is 16.4 Å². The van der Waals surface area contributed by atoms with Crippen LogP contribution in [0.1, 0.15) is 38.9 Å². The second-order valence-electron chi connectivity index (χ2n) is 7.23. The van der Waals surface area contributed by atoms with Crippen LogP contribution < -0.4 is 10.6 Å². The van der Waals surface area contributed by atoms with Crippen molar-refractivity contribution in [2.24, 2.45) is 4.99 Å². The van der Waals surface area contributed by atoms with Gasteiger partial charge in [0.2, 0.25) is 15.8 Å². The van der Waals surface area contributed by atoms with E-state index < -0.39 is 10.0 Å². The van der Waals surface area contributed by atoms with E-state index in [4.69, 9.17) is 4.42 Å². The van der Waals surface area contributed by atoms with Crippen LogP contribution in [0.2, 0.25) is 0 Å². The third kappa shape index (κ3) is 7.45. The molecule has 3 N–H and O–H groups in total. The lowest BCUT2D eigenvalue weighted by Gasteiger charge is -2.32. The Labute approximate surface area is 200 Å². The van der Waals surface area contributed by atoms with Crippen molar-refractivity contribution in [2.45, 2.75) is 45.6 Å². The summed E-state index contributed by atoms with van der Waals surface area (Å²) in [4.78, 5) is 9.05. The molecule has 1 aliphatic heterocycles. The topological polar surface area (TPSA) is 129 Å². The fraction of sp³-hybridized carbons (Fsp3) is 0.632. The minimum absolute atomic E-state index is 0. The summed E-state index contributed by atoms with van der Waals surface area (Å²) in [5.41, 5.74) is 0. The first-order valence-electron chi connectivity index (χ1n) is 10.5. The molecule has 3 heterocycles. The number of hydrogen-bond acceptors (Lipinski definition) is 6. The zero-order chi connectivity index (χ0) is 21.4. The third-order valence-electron chi connectivity index (χ3n) is 4.89. The number of furan rings is 1. The fourth-order valence-electron chi connectivity index (χ4n) is 3.38. The van der Waals surface area contributed by atoms with Gasteiger partial charge in [-0.3, -0.25) is 10.1 Å². The van der Waals surface area contributed by atoms with E-state index >= 15 is 0 Å². The van der Waals surface area contributed by atoms with Gasteiger partial charge >= 0.3 is 0 Å². The summed E-state index contributed by atoms with van der Waals surface area (Å²) < 4.78 is 31.3. The number of H-pyrrole nitrogens is 1. The number of nitrogens with one attached hydrogen (secondary N) is 3. The number of rotatable bonds is 9. The Kier molecular flexibility index (Phi) is 10.2. The maximum atomic E-state index is 12.2. The number of guanidine groups is 1. The molecule has 12 heteroatoms. The predicted molar refractivity (Wildman–Crippen MR) is 131 cm³/mol. The largest absolute Gasteiger partial charge is 0.461 e. The van der Waals surface area contributed by atoms with E-state index in [1.54, 1.807) is 16.6 Å². The highest BCUT2D eigenvalue weighted by molar-refractivity contribution is 14.0. The van der Waals surface area contributed by atoms with Gasteiger partial charge < -0.3 is 15.1 Å². The predicted octanol–water partition coefficient (Wildman–Crippen LogP) is 1.98. The second-order valence-corrected chi connectivity index (χ2v) is 9.32. The molecule has 1 saturated heterocycles. The van der Waals surface area contributed by atoms with Gasteiger partial charge in [-0.05, 0) is 38.3 Å². The summed E-state index contributed by atoms with van der Waals surface area (Å²) in [6, 6.07) is 3.82. The molecule has 2 aromatic heterocycles. The molecule has 0 saturated carbocycles. The Morgan fingerprint density at radius 1 is 1.35 bits per heavy atom. The van der Waals surface area contributed by atoms with Gasteiger partial charge in [0.25, 0.3) is 0 Å². The molecule has 174 valence electrons. The van der Waals surface area contributed by atoms with Crippen molar-refractivity contribution < 1.29 is 12.8 Å². The Morgan fingerprint density at radius 3 is 2.77 bits per heavy atom. The van der Waals surface area contributed by atoms with Crippen LogP contribution in [0.25, 0.3) is 11.6 Å². The van der Waals surface area contributed by atoms with Gasteiger partial charge in [0.1, 0.15) is 5.82 Å². The monoisotopic (exact) mass is 565 g/mol. The number of aromatic amines is 1. The Bertz CT molecular complexity index is 907. The smallest absolute Gasteiger partial charge is 0.216 e. The molecule has 1 aliphatic rings. The van der Waals surface area contributed by atoms with E-state index in [2.05, 4.69) is 30.8 Å². The maximum Gasteiger partial charge on any atom is 0.216 e. The lowest BCUT2D eigenvalue weighted by molar-refractivity contribution is 0.306. The second kappa shape index (κ2) is 12.4. The maximum absolute atomic E-state index is 12.2. The van der Waals surface area contributed by atoms with Crippen LogP contribution in [0.5, 0.6) is 0 Å². The van der Waals surface area contributed by atoms with Gasteiger partial charge in [-0.15, -0.1) is 24.0 Å². The van der Waals surface area contributed by atoms with Crippen LogP contribution >= 0.6 is 24.0 Å². The van der Waals surface area contributed by atoms with Crippen molar-refractivity contribution in [2.75, 3.05) is 31.9 Å². The normalized spacial score (nSPS) is 16.1. The average Bonchev–Trinajstić information content (AvgIpc) is 3.40. The molecular weight excluding hydrogens is 533 g/mol. The van der Waals surface area contributed by atoms with Gasteiger partial charge in [0, 0.05) is 38.6 Å². The fourth-order valence-corrected chi connectivity index (χ4v) is 4.92. The molecule has 10 nitrogen and oxygen atoms in total. The van der Waals surface area contributed by atoms with Gasteiger partial charge in [0.05, 0.1) is 12.0 Å². The summed E-state index contributed by atoms with van der Waals surface area (Å²) in [6.07, 6.45) is 4.39. The Morgan fingerprint density at radius 2 is 2.13 bits per heavy atom. The number of hydrogen-bond donors (Lipinski definition) is 3. The summed E-state index contributed by atoms with van der Waals surface area (Å²) in [5, 5.41) is 13.8. The summed E-state index contributed by atoms with van der Waals surface area (Å²) in [7, 11) is -3.12. The number of nitrogens with zero attached hydrogens (tertiary/aromatic N) is 4. The highest BCUT2D eigenvalue weighted by Crippen LogP contribution is 2.16. The molecule has 31 heavy (non-hydrogen) atoms. The standard InChI is InChI=1S/C19H31N7O3S.HI/c1-3-14-30(27,28)26-11-8-15(9-12-26)22-19(20-4-2)21-10-7-17-23-18(25-24-17)16-6-5-13-29-16;/h5-6,13,15H,3-4,7-12,14H2,1-2H3,(H2,20,21,22)(H,23,24,25);1H. The molecular formula is C19H32IN7O3S. The lowest BCUT2D eigenvalue weighted by Crippen LogP contribution is -2.50. The zero-order valence-corrected chi connectivity index (χ0v) is 21.2. The van der Waals surface area contributed by atoms with Gasteiger partial charge in [-0.25, -0.2) is 17.7 Å². The van der Waals surface area contributed by atoms with E-state index in [-0.39, 0.29) is 35.8 Å². The van der Waals surface area contributed by atoms with Gasteiger partial charge in [-0.1, -0.05) is 6.92 Å². The molecule has 0 aliphatic carbocycles. The van der Waals surface area contributed by atoms with E-state index in [1.807, 2.05) is 19.9 Å². The van der Waals surface area contributed by atoms with Crippen LogP contribution in [0.15, 0.2) is 27.8 Å². The first kappa shape index (κ1) is 25.6. The Balaban J connectivity index is 0.00000341. The van der Waals surface area contributed by atoms with Crippen molar-refractivity contribution in [1.29, 1.82) is 0 Å². The van der Waals surface area contributed by atoms with Crippen molar-refractivity contribution in [1.82, 2.24) is 30.1 Å². The molecule has 0 spiro atoms. The molecule has 0 bridgehead atoms. The highest BCUT2D eigenvalue weighted by Gasteiger charge is 2.27. The zero-order valence-electron chi connectivity index (χ0n) is 18.0. The average molecular weight is 565 g/mol. The lowest BCUT2D eigenvalue weighted by atomic mass is 10.1. The SMILES string of the molecule is CCCS(=O)(=O)N1CCC(NC(=NCCc2nc(-c3ccco3)n[nH]2)NCC)CC1.I. The highest BCUT2D eigenvalue weighted by atomic mass is 127. The molecule has 0 unspecified atom stereocenters.